The Morgan fingerprint density at radius 2 is 2.11 bits per heavy atom. The average Bonchev–Trinajstić information content (AvgIpc) is 2.64. The molecule has 148 valence electrons. The van der Waals surface area contributed by atoms with E-state index in [2.05, 4.69) is 10.3 Å². The maximum absolute atomic E-state index is 13.4. The zero-order valence-electron chi connectivity index (χ0n) is 15.1. The second-order valence-electron chi connectivity index (χ2n) is 6.73. The highest BCUT2D eigenvalue weighted by atomic mass is 19.4. The molecule has 1 aliphatic rings. The Kier molecular flexibility index (Phi) is 5.67. The smallest absolute Gasteiger partial charge is 0.324 e. The number of benzene rings is 1. The summed E-state index contributed by atoms with van der Waals surface area (Å²) in [5, 5.41) is 2.77. The summed E-state index contributed by atoms with van der Waals surface area (Å²) in [5.74, 6) is -1.32. The number of hydrogen-bond donors (Lipinski definition) is 1. The molecule has 1 N–H and O–H groups in total. The number of nitrogens with one attached hydrogen (secondary N) is 1. The molecule has 2 heterocycles. The number of urea groups is 1. The quantitative estimate of drug-likeness (QED) is 0.713. The van der Waals surface area contributed by atoms with E-state index in [1.807, 2.05) is 6.92 Å². The van der Waals surface area contributed by atoms with Gasteiger partial charge in [-0.1, -0.05) is 24.6 Å². The number of amides is 2. The van der Waals surface area contributed by atoms with Crippen LogP contribution in [0.2, 0.25) is 0 Å². The predicted molar refractivity (Wildman–Crippen MR) is 98.0 cm³/mol. The first-order chi connectivity index (χ1) is 13.2. The molecule has 1 aliphatic heterocycles. The molecule has 0 aliphatic carbocycles. The molecule has 1 aromatic carbocycles. The molecule has 0 spiro atoms. The molecule has 1 fully saturated rings. The van der Waals surface area contributed by atoms with E-state index < -0.39 is 17.6 Å². The second-order valence-corrected chi connectivity index (χ2v) is 6.73. The van der Waals surface area contributed by atoms with Gasteiger partial charge >= 0.3 is 12.2 Å². The minimum atomic E-state index is -4.74. The van der Waals surface area contributed by atoms with Gasteiger partial charge in [0.1, 0.15) is 5.82 Å². The van der Waals surface area contributed by atoms with Gasteiger partial charge in [0.2, 0.25) is 0 Å². The van der Waals surface area contributed by atoms with Crippen molar-refractivity contribution in [2.24, 2.45) is 5.92 Å². The summed E-state index contributed by atoms with van der Waals surface area (Å²) < 4.78 is 52.1. The van der Waals surface area contributed by atoms with Gasteiger partial charge in [0.25, 0.3) is 0 Å². The number of likely N-dealkylation sites (tertiary alicyclic amines) is 1. The fourth-order valence-corrected chi connectivity index (χ4v) is 3.15. The summed E-state index contributed by atoms with van der Waals surface area (Å²) in [6, 6.07) is 6.17. The Balaban J connectivity index is 1.69. The van der Waals surface area contributed by atoms with E-state index in [0.717, 1.165) is 17.7 Å². The third kappa shape index (κ3) is 4.68. The highest BCUT2D eigenvalue weighted by molar-refractivity contribution is 5.89. The normalized spacial score (nSPS) is 19.0. The largest absolute Gasteiger partial charge is 0.419 e. The number of aromatic nitrogens is 1. The number of carbonyl (C=O) groups excluding carboxylic acids is 1. The second kappa shape index (κ2) is 8.00. The Bertz CT molecular complexity index is 881. The lowest BCUT2D eigenvalue weighted by Gasteiger charge is -2.33. The van der Waals surface area contributed by atoms with Crippen LogP contribution in [0, 0.1) is 11.7 Å². The van der Waals surface area contributed by atoms with E-state index in [0.29, 0.717) is 30.8 Å². The summed E-state index contributed by atoms with van der Waals surface area (Å²) in [6.07, 6.45) is 0.590. The summed E-state index contributed by atoms with van der Waals surface area (Å²) in [5.41, 5.74) is 0.532. The van der Waals surface area contributed by atoms with Crippen molar-refractivity contribution >= 4 is 17.8 Å². The number of halogens is 4. The molecule has 28 heavy (non-hydrogen) atoms. The monoisotopic (exact) mass is 393 g/mol. The zero-order valence-corrected chi connectivity index (χ0v) is 15.1. The van der Waals surface area contributed by atoms with Crippen molar-refractivity contribution in [2.45, 2.75) is 19.5 Å². The van der Waals surface area contributed by atoms with Gasteiger partial charge in [-0.3, -0.25) is 4.98 Å². The number of anilines is 1. The summed E-state index contributed by atoms with van der Waals surface area (Å²) in [7, 11) is 0. The first-order valence-corrected chi connectivity index (χ1v) is 8.77. The molecule has 0 bridgehead atoms. The molecule has 1 saturated heterocycles. The van der Waals surface area contributed by atoms with Gasteiger partial charge in [0, 0.05) is 19.3 Å². The fraction of sp³-hybridized carbons (Fsp3) is 0.300. The van der Waals surface area contributed by atoms with E-state index in [1.54, 1.807) is 35.5 Å². The van der Waals surface area contributed by atoms with Crippen LogP contribution < -0.4 is 5.32 Å². The van der Waals surface area contributed by atoms with Gasteiger partial charge in [-0.25, -0.2) is 9.18 Å². The Morgan fingerprint density at radius 3 is 2.75 bits per heavy atom. The van der Waals surface area contributed by atoms with Gasteiger partial charge < -0.3 is 10.2 Å². The summed E-state index contributed by atoms with van der Waals surface area (Å²) in [4.78, 5) is 18.0. The molecule has 2 aromatic rings. The molecule has 1 unspecified atom stereocenters. The average molecular weight is 393 g/mol. The van der Waals surface area contributed by atoms with Crippen molar-refractivity contribution in [1.29, 1.82) is 0 Å². The van der Waals surface area contributed by atoms with Crippen LogP contribution in [0.15, 0.2) is 48.3 Å². The standard InChI is InChI=1S/C20H19F4N3O/c1-13-12-27(19(28)26-16-3-2-7-25-11-16)8-6-15(13)9-14-4-5-18(21)17(10-14)20(22,23)24/h2-5,7,9-11,13H,6,8,12H2,1H3,(H,26,28). The lowest BCUT2D eigenvalue weighted by molar-refractivity contribution is -0.140. The third-order valence-electron chi connectivity index (χ3n) is 4.65. The molecule has 0 saturated carbocycles. The van der Waals surface area contributed by atoms with E-state index in [4.69, 9.17) is 0 Å². The van der Waals surface area contributed by atoms with E-state index in [9.17, 15) is 22.4 Å². The van der Waals surface area contributed by atoms with Gasteiger partial charge in [0.15, 0.2) is 0 Å². The molecule has 2 amide bonds. The van der Waals surface area contributed by atoms with Crippen molar-refractivity contribution in [1.82, 2.24) is 9.88 Å². The minimum absolute atomic E-state index is 0.0345. The van der Waals surface area contributed by atoms with Crippen LogP contribution in [-0.2, 0) is 6.18 Å². The Labute approximate surface area is 159 Å². The topological polar surface area (TPSA) is 45.2 Å². The first-order valence-electron chi connectivity index (χ1n) is 8.77. The molecule has 0 radical (unpaired) electrons. The van der Waals surface area contributed by atoms with Gasteiger partial charge in [-0.15, -0.1) is 0 Å². The van der Waals surface area contributed by atoms with Crippen molar-refractivity contribution in [3.63, 3.8) is 0 Å². The fourth-order valence-electron chi connectivity index (χ4n) is 3.15. The molecule has 1 atom stereocenters. The Morgan fingerprint density at radius 1 is 1.32 bits per heavy atom. The highest BCUT2D eigenvalue weighted by Gasteiger charge is 2.34. The number of carbonyl (C=O) groups is 1. The van der Waals surface area contributed by atoms with Crippen LogP contribution in [0.3, 0.4) is 0 Å². The van der Waals surface area contributed by atoms with Crippen LogP contribution in [0.1, 0.15) is 24.5 Å². The van der Waals surface area contributed by atoms with Crippen LogP contribution >= 0.6 is 0 Å². The minimum Gasteiger partial charge on any atom is -0.324 e. The first kappa shape index (κ1) is 19.9. The van der Waals surface area contributed by atoms with E-state index in [1.165, 1.54) is 6.07 Å². The molecular weight excluding hydrogens is 374 g/mol. The lowest BCUT2D eigenvalue weighted by atomic mass is 9.91. The van der Waals surface area contributed by atoms with Crippen molar-refractivity contribution in [3.8, 4) is 0 Å². The van der Waals surface area contributed by atoms with E-state index in [-0.39, 0.29) is 11.9 Å². The van der Waals surface area contributed by atoms with Gasteiger partial charge in [-0.05, 0) is 42.2 Å². The lowest BCUT2D eigenvalue weighted by Crippen LogP contribution is -2.42. The van der Waals surface area contributed by atoms with Gasteiger partial charge in [-0.2, -0.15) is 13.2 Å². The maximum Gasteiger partial charge on any atom is 0.419 e. The third-order valence-corrected chi connectivity index (χ3v) is 4.65. The van der Waals surface area contributed by atoms with Crippen LogP contribution in [0.4, 0.5) is 28.0 Å². The zero-order chi connectivity index (χ0) is 20.3. The molecular formula is C20H19F4N3O. The predicted octanol–water partition coefficient (Wildman–Crippen LogP) is 5.20. The molecule has 3 rings (SSSR count). The van der Waals surface area contributed by atoms with E-state index >= 15 is 0 Å². The van der Waals surface area contributed by atoms with Crippen molar-refractivity contribution in [3.05, 3.63) is 65.2 Å². The number of nitrogens with zero attached hydrogens (tertiary/aromatic N) is 2. The summed E-state index contributed by atoms with van der Waals surface area (Å²) >= 11 is 0. The summed E-state index contributed by atoms with van der Waals surface area (Å²) in [6.45, 7) is 2.78. The number of hydrogen-bond acceptors (Lipinski definition) is 2. The number of piperidine rings is 1. The number of alkyl halides is 3. The number of rotatable bonds is 2. The molecule has 8 heteroatoms. The molecule has 1 aromatic heterocycles. The Hall–Kier alpha value is -2.90. The van der Waals surface area contributed by atoms with Crippen LogP contribution in [0.25, 0.3) is 6.08 Å². The number of pyridine rings is 1. The van der Waals surface area contributed by atoms with Crippen molar-refractivity contribution in [2.75, 3.05) is 18.4 Å². The SMILES string of the molecule is CC1CN(C(=O)Nc2cccnc2)CCC1=Cc1ccc(F)c(C(F)(F)F)c1. The maximum atomic E-state index is 13.4. The van der Waals surface area contributed by atoms with Crippen molar-refractivity contribution < 1.29 is 22.4 Å². The highest BCUT2D eigenvalue weighted by Crippen LogP contribution is 2.33. The van der Waals surface area contributed by atoms with Gasteiger partial charge in [0.05, 0.1) is 17.4 Å². The molecule has 4 nitrogen and oxygen atoms in total. The van der Waals surface area contributed by atoms with Crippen LogP contribution in [-0.4, -0.2) is 29.0 Å². The van der Waals surface area contributed by atoms with Crippen LogP contribution in [0.5, 0.6) is 0 Å².